The molecule has 1 heterocycles. The molecule has 1 aliphatic heterocycles. The molecule has 0 spiro atoms. The van der Waals surface area contributed by atoms with E-state index in [1.165, 1.54) is 36.9 Å². The van der Waals surface area contributed by atoms with E-state index in [0.29, 0.717) is 27.7 Å². The van der Waals surface area contributed by atoms with Gasteiger partial charge in [-0.1, -0.05) is 35.3 Å². The Morgan fingerprint density at radius 3 is 2.44 bits per heavy atom. The van der Waals surface area contributed by atoms with Crippen molar-refractivity contribution in [2.75, 3.05) is 23.7 Å². The smallest absolute Gasteiger partial charge is 0.319 e. The Kier molecular flexibility index (Phi) is 7.94. The lowest BCUT2D eigenvalue weighted by Gasteiger charge is -2.18. The van der Waals surface area contributed by atoms with E-state index in [9.17, 15) is 13.2 Å². The third-order valence-electron chi connectivity index (χ3n) is 5.88. The number of fused-ring (bicyclic) bond motifs is 1. The molecule has 3 aromatic carbocycles. The summed E-state index contributed by atoms with van der Waals surface area (Å²) in [6.07, 6.45) is 0.851. The van der Waals surface area contributed by atoms with Crippen LogP contribution in [0.1, 0.15) is 29.7 Å². The lowest BCUT2D eigenvalue weighted by Crippen LogP contribution is -2.31. The first-order chi connectivity index (χ1) is 17.2. The molecule has 36 heavy (non-hydrogen) atoms. The minimum Gasteiger partial charge on any atom is -0.495 e. The Bertz CT molecular complexity index is 1380. The van der Waals surface area contributed by atoms with Crippen molar-refractivity contribution in [3.63, 3.8) is 0 Å². The summed E-state index contributed by atoms with van der Waals surface area (Å²) >= 11 is 12.5. The van der Waals surface area contributed by atoms with E-state index in [2.05, 4.69) is 20.7 Å². The van der Waals surface area contributed by atoms with Gasteiger partial charge in [-0.2, -0.15) is 0 Å². The topological polar surface area (TPSA) is 109 Å². The fourth-order valence-corrected chi connectivity index (χ4v) is 5.57. The number of anilines is 2. The van der Waals surface area contributed by atoms with E-state index in [0.717, 1.165) is 25.1 Å². The van der Waals surface area contributed by atoms with E-state index in [1.807, 2.05) is 12.1 Å². The van der Waals surface area contributed by atoms with Gasteiger partial charge in [-0.25, -0.2) is 13.2 Å². The standard InChI is InChI=1S/C25H26Cl2N4O4S/c1-15(21-9-10-22(35-2)24(27)23(21)26)29-25(32)30-18-5-7-20(8-6-18)36(33,34)31-19-4-3-17-14-28-12-11-16(17)13-19/h3-10,13,15,28,31H,11-12,14H2,1-2H3,(H2,29,30,32). The van der Waals surface area contributed by atoms with Crippen LogP contribution >= 0.6 is 23.2 Å². The summed E-state index contributed by atoms with van der Waals surface area (Å²) in [5, 5.41) is 9.33. The molecule has 0 saturated carbocycles. The van der Waals surface area contributed by atoms with Crippen molar-refractivity contribution >= 4 is 50.6 Å². The zero-order valence-electron chi connectivity index (χ0n) is 19.7. The fraction of sp³-hybridized carbons (Fsp3) is 0.240. The summed E-state index contributed by atoms with van der Waals surface area (Å²) in [7, 11) is -2.30. The van der Waals surface area contributed by atoms with Gasteiger partial charge in [0.1, 0.15) is 10.8 Å². The van der Waals surface area contributed by atoms with Crippen molar-refractivity contribution in [2.45, 2.75) is 30.8 Å². The lowest BCUT2D eigenvalue weighted by molar-refractivity contribution is 0.249. The summed E-state index contributed by atoms with van der Waals surface area (Å²) in [5.74, 6) is 0.440. The van der Waals surface area contributed by atoms with E-state index < -0.39 is 22.1 Å². The zero-order valence-corrected chi connectivity index (χ0v) is 22.0. The van der Waals surface area contributed by atoms with Crippen LogP contribution in [-0.4, -0.2) is 28.1 Å². The van der Waals surface area contributed by atoms with Gasteiger partial charge < -0.3 is 20.7 Å². The van der Waals surface area contributed by atoms with Gasteiger partial charge in [-0.05, 0) is 79.0 Å². The van der Waals surface area contributed by atoms with Gasteiger partial charge in [0.25, 0.3) is 10.0 Å². The highest BCUT2D eigenvalue weighted by Crippen LogP contribution is 2.37. The number of sulfonamides is 1. The summed E-state index contributed by atoms with van der Waals surface area (Å²) < 4.78 is 33.5. The molecular formula is C25H26Cl2N4O4S. The molecule has 2 amide bonds. The lowest BCUT2D eigenvalue weighted by atomic mass is 10.0. The second kappa shape index (κ2) is 11.0. The first kappa shape index (κ1) is 26.1. The molecule has 190 valence electrons. The van der Waals surface area contributed by atoms with Gasteiger partial charge in [0.2, 0.25) is 0 Å². The van der Waals surface area contributed by atoms with E-state index in [-0.39, 0.29) is 9.92 Å². The Hall–Kier alpha value is -2.98. The van der Waals surface area contributed by atoms with E-state index >= 15 is 0 Å². The molecule has 1 aliphatic rings. The van der Waals surface area contributed by atoms with Gasteiger partial charge in [0.15, 0.2) is 0 Å². The number of hydrogen-bond donors (Lipinski definition) is 4. The number of ether oxygens (including phenoxy) is 1. The van der Waals surface area contributed by atoms with Gasteiger partial charge in [-0.15, -0.1) is 0 Å². The van der Waals surface area contributed by atoms with Crippen LogP contribution in [0.25, 0.3) is 0 Å². The van der Waals surface area contributed by atoms with Gasteiger partial charge in [-0.3, -0.25) is 4.72 Å². The van der Waals surface area contributed by atoms with Crippen molar-refractivity contribution in [3.05, 3.63) is 81.3 Å². The summed E-state index contributed by atoms with van der Waals surface area (Å²) in [5.41, 5.74) is 3.88. The molecule has 0 radical (unpaired) electrons. The third kappa shape index (κ3) is 5.87. The number of halogens is 2. The largest absolute Gasteiger partial charge is 0.495 e. The molecule has 1 atom stereocenters. The molecule has 0 bridgehead atoms. The van der Waals surface area contributed by atoms with E-state index in [1.54, 1.807) is 25.1 Å². The highest BCUT2D eigenvalue weighted by atomic mass is 35.5. The SMILES string of the molecule is COc1ccc(C(C)NC(=O)Nc2ccc(S(=O)(=O)Nc3ccc4c(c3)CCNC4)cc2)c(Cl)c1Cl. The first-order valence-corrected chi connectivity index (χ1v) is 13.5. The number of amides is 2. The molecule has 3 aromatic rings. The third-order valence-corrected chi connectivity index (χ3v) is 8.15. The second-order valence-electron chi connectivity index (χ2n) is 8.35. The number of nitrogens with one attached hydrogen (secondary N) is 4. The van der Waals surface area contributed by atoms with Crippen molar-refractivity contribution in [2.24, 2.45) is 0 Å². The number of carbonyl (C=O) groups excluding carboxylic acids is 1. The summed E-state index contributed by atoms with van der Waals surface area (Å²) in [6.45, 7) is 3.41. The average Bonchev–Trinajstić information content (AvgIpc) is 2.85. The predicted molar refractivity (Wildman–Crippen MR) is 143 cm³/mol. The number of carbonyl (C=O) groups is 1. The minimum absolute atomic E-state index is 0.0841. The van der Waals surface area contributed by atoms with Crippen molar-refractivity contribution in [1.29, 1.82) is 0 Å². The molecule has 4 rings (SSSR count). The maximum absolute atomic E-state index is 12.9. The van der Waals surface area contributed by atoms with Crippen molar-refractivity contribution < 1.29 is 17.9 Å². The van der Waals surface area contributed by atoms with Crippen LogP contribution in [0.2, 0.25) is 10.0 Å². The van der Waals surface area contributed by atoms with Gasteiger partial charge in [0.05, 0.1) is 23.1 Å². The summed E-state index contributed by atoms with van der Waals surface area (Å²) in [4.78, 5) is 12.6. The average molecular weight is 549 g/mol. The normalized spacial score (nSPS) is 13.9. The van der Waals surface area contributed by atoms with Crippen LogP contribution in [0.15, 0.2) is 59.5 Å². The highest BCUT2D eigenvalue weighted by molar-refractivity contribution is 7.92. The number of hydrogen-bond acceptors (Lipinski definition) is 5. The highest BCUT2D eigenvalue weighted by Gasteiger charge is 2.19. The molecule has 8 nitrogen and oxygen atoms in total. The maximum Gasteiger partial charge on any atom is 0.319 e. The Labute approximate surface area is 220 Å². The van der Waals surface area contributed by atoms with E-state index in [4.69, 9.17) is 27.9 Å². The molecule has 1 unspecified atom stereocenters. The number of urea groups is 1. The van der Waals surface area contributed by atoms with Crippen LogP contribution in [0.5, 0.6) is 5.75 Å². The Balaban J connectivity index is 1.39. The van der Waals surface area contributed by atoms with Crippen LogP contribution in [0.3, 0.4) is 0 Å². The molecule has 0 aromatic heterocycles. The quantitative estimate of drug-likeness (QED) is 0.319. The van der Waals surface area contributed by atoms with Crippen molar-refractivity contribution in [3.8, 4) is 5.75 Å². The van der Waals surface area contributed by atoms with Gasteiger partial charge >= 0.3 is 6.03 Å². The van der Waals surface area contributed by atoms with Crippen LogP contribution in [-0.2, 0) is 23.0 Å². The molecule has 0 saturated heterocycles. The van der Waals surface area contributed by atoms with Crippen LogP contribution < -0.4 is 25.4 Å². The Morgan fingerprint density at radius 1 is 1.00 bits per heavy atom. The fourth-order valence-electron chi connectivity index (χ4n) is 3.95. The van der Waals surface area contributed by atoms with Crippen LogP contribution in [0.4, 0.5) is 16.2 Å². The monoisotopic (exact) mass is 548 g/mol. The minimum atomic E-state index is -3.79. The Morgan fingerprint density at radius 2 is 1.72 bits per heavy atom. The number of benzene rings is 3. The van der Waals surface area contributed by atoms with Crippen LogP contribution in [0, 0.1) is 0 Å². The number of rotatable bonds is 7. The predicted octanol–water partition coefficient (Wildman–Crippen LogP) is 5.33. The molecule has 0 aliphatic carbocycles. The summed E-state index contributed by atoms with van der Waals surface area (Å²) in [6, 6.07) is 13.9. The first-order valence-electron chi connectivity index (χ1n) is 11.2. The second-order valence-corrected chi connectivity index (χ2v) is 10.8. The van der Waals surface area contributed by atoms with Crippen molar-refractivity contribution in [1.82, 2.24) is 10.6 Å². The molecular weight excluding hydrogens is 523 g/mol. The maximum atomic E-state index is 12.9. The molecule has 0 fully saturated rings. The zero-order chi connectivity index (χ0) is 25.9. The molecule has 11 heteroatoms. The number of methoxy groups -OCH3 is 1. The van der Waals surface area contributed by atoms with Gasteiger partial charge in [0, 0.05) is 17.9 Å². The molecule has 4 N–H and O–H groups in total.